The van der Waals surface area contributed by atoms with Crippen molar-refractivity contribution < 1.29 is 38.6 Å². The number of carbonyl (C=O) groups excluding carboxylic acids is 5. The maximum Gasteiger partial charge on any atom is 0.236 e. The third kappa shape index (κ3) is 12.8. The number of aryl methyl sites for hydroxylation is 1. The summed E-state index contributed by atoms with van der Waals surface area (Å²) in [5.74, 6) is -1.25. The SMILES string of the molecule is C=C(C)c1ccc(N2CCN(C(=O)CN3CC[C@@H](C(=O)Nc4ccc(O)c(C)c4)C3)CC2)cc1.CC(=O)c1ccc(N2CCN(C(=O)CN3CC[C@@H](C(=O)Nc4ccc(O)cc4F)C3)CC2)cc1. The number of piperazine rings is 2. The molecule has 4 N–H and O–H groups in total. The van der Waals surface area contributed by atoms with Crippen LogP contribution >= 0.6 is 0 Å². The van der Waals surface area contributed by atoms with Crippen LogP contribution in [0, 0.1) is 24.6 Å². The molecule has 4 fully saturated rings. The highest BCUT2D eigenvalue weighted by atomic mass is 19.1. The molecule has 4 aromatic rings. The minimum absolute atomic E-state index is 0.0335. The lowest BCUT2D eigenvalue weighted by molar-refractivity contribution is -0.133. The second-order valence-corrected chi connectivity index (χ2v) is 18.3. The fourth-order valence-electron chi connectivity index (χ4n) is 9.07. The first kappa shape index (κ1) is 49.1. The number of rotatable bonds is 12. The molecule has 0 aliphatic carbocycles. The summed E-state index contributed by atoms with van der Waals surface area (Å²) in [6.07, 6.45) is 1.34. The molecule has 4 heterocycles. The van der Waals surface area contributed by atoms with E-state index in [9.17, 15) is 38.6 Å². The number of nitrogens with one attached hydrogen (secondary N) is 2. The molecule has 0 bridgehead atoms. The number of benzene rings is 4. The van der Waals surface area contributed by atoms with E-state index in [1.807, 2.05) is 45.9 Å². The number of likely N-dealkylation sites (tertiary alicyclic amines) is 2. The molecule has 4 aliphatic heterocycles. The summed E-state index contributed by atoms with van der Waals surface area (Å²) >= 11 is 0. The predicted molar refractivity (Wildman–Crippen MR) is 262 cm³/mol. The van der Waals surface area contributed by atoms with E-state index in [2.05, 4.69) is 56.2 Å². The molecule has 2 atom stereocenters. The second-order valence-electron chi connectivity index (χ2n) is 18.3. The number of phenols is 2. The first-order chi connectivity index (χ1) is 32.6. The fraction of sp³-hybridized carbons (Fsp3) is 0.404. The molecule has 15 nitrogen and oxygen atoms in total. The van der Waals surface area contributed by atoms with Gasteiger partial charge in [0.15, 0.2) is 5.78 Å². The topological polar surface area (TPSA) is 169 Å². The summed E-state index contributed by atoms with van der Waals surface area (Å²) in [4.78, 5) is 74.7. The smallest absolute Gasteiger partial charge is 0.236 e. The molecule has 4 amide bonds. The Labute approximate surface area is 397 Å². The predicted octanol–water partition coefficient (Wildman–Crippen LogP) is 5.69. The lowest BCUT2D eigenvalue weighted by Crippen LogP contribution is -2.51. The van der Waals surface area contributed by atoms with E-state index >= 15 is 0 Å². The van der Waals surface area contributed by atoms with Crippen LogP contribution in [-0.2, 0) is 19.2 Å². The molecule has 4 aliphatic rings. The van der Waals surface area contributed by atoms with Gasteiger partial charge in [-0.1, -0.05) is 24.3 Å². The van der Waals surface area contributed by atoms with E-state index in [1.54, 1.807) is 32.0 Å². The molecule has 16 heteroatoms. The van der Waals surface area contributed by atoms with Gasteiger partial charge in [-0.05, 0) is 125 Å². The number of amides is 4. The van der Waals surface area contributed by atoms with Crippen LogP contribution in [0.15, 0.2) is 91.5 Å². The number of aromatic hydroxyl groups is 2. The van der Waals surface area contributed by atoms with Crippen LogP contribution in [0.1, 0.15) is 48.2 Å². The van der Waals surface area contributed by atoms with Gasteiger partial charge in [0, 0.05) is 94.1 Å². The van der Waals surface area contributed by atoms with Crippen molar-refractivity contribution in [3.63, 3.8) is 0 Å². The number of phenolic OH excluding ortho intramolecular Hbond substituents is 2. The minimum atomic E-state index is -0.688. The summed E-state index contributed by atoms with van der Waals surface area (Å²) in [5, 5.41) is 24.5. The normalized spacial score (nSPS) is 18.7. The van der Waals surface area contributed by atoms with Gasteiger partial charge in [0.2, 0.25) is 23.6 Å². The largest absolute Gasteiger partial charge is 0.508 e. The molecule has 0 spiro atoms. The summed E-state index contributed by atoms with van der Waals surface area (Å²) < 4.78 is 13.9. The number of hydrogen-bond donors (Lipinski definition) is 4. The molecular formula is C52H63FN8O7. The third-order valence-corrected chi connectivity index (χ3v) is 13.3. The average molecular weight is 931 g/mol. The van der Waals surface area contributed by atoms with Crippen LogP contribution in [0.4, 0.5) is 27.1 Å². The number of anilines is 4. The first-order valence-corrected chi connectivity index (χ1v) is 23.4. The highest BCUT2D eigenvalue weighted by Crippen LogP contribution is 2.26. The quantitative estimate of drug-likeness (QED) is 0.102. The molecule has 8 rings (SSSR count). The first-order valence-electron chi connectivity index (χ1n) is 23.4. The maximum atomic E-state index is 13.9. The van der Waals surface area contributed by atoms with Crippen molar-refractivity contribution in [2.45, 2.75) is 33.6 Å². The van der Waals surface area contributed by atoms with E-state index in [1.165, 1.54) is 17.8 Å². The van der Waals surface area contributed by atoms with Crippen LogP contribution in [-0.4, -0.2) is 151 Å². The zero-order valence-electron chi connectivity index (χ0n) is 39.3. The van der Waals surface area contributed by atoms with Crippen LogP contribution < -0.4 is 20.4 Å². The van der Waals surface area contributed by atoms with Crippen molar-refractivity contribution in [2.75, 3.05) is 112 Å². The van der Waals surface area contributed by atoms with Crippen LogP contribution in [0.3, 0.4) is 0 Å². The maximum absolute atomic E-state index is 13.9. The zero-order chi connectivity index (χ0) is 48.5. The van der Waals surface area contributed by atoms with Crippen molar-refractivity contribution >= 4 is 57.7 Å². The third-order valence-electron chi connectivity index (χ3n) is 13.3. The number of carbonyl (C=O) groups is 5. The molecule has 360 valence electrons. The van der Waals surface area contributed by atoms with Crippen molar-refractivity contribution in [2.24, 2.45) is 11.8 Å². The van der Waals surface area contributed by atoms with E-state index in [4.69, 9.17) is 0 Å². The lowest BCUT2D eigenvalue weighted by atomic mass is 10.1. The van der Waals surface area contributed by atoms with Gasteiger partial charge < -0.3 is 40.4 Å². The van der Waals surface area contributed by atoms with Gasteiger partial charge in [-0.3, -0.25) is 33.8 Å². The summed E-state index contributed by atoms with van der Waals surface area (Å²) in [7, 11) is 0. The standard InChI is InChI=1S/C27H34N4O3.C25H29FN4O4/c1-19(2)21-4-7-24(8-5-21)30-12-14-31(15-13-30)26(33)18-29-11-10-22(17-29)27(34)28-23-6-9-25(32)20(3)16-23;1-17(31)18-2-4-20(5-3-18)29-10-12-30(13-11-29)24(33)16-28-9-8-19(15-28)25(34)27-23-7-6-21(32)14-22(23)26/h4-9,16,22,32H,1,10-15,17-18H2,2-3H3,(H,28,34);2-7,14,19,32H,8-13,15-16H2,1H3,(H,27,34)/t22-;19-/m11/s1. The Morgan fingerprint density at radius 1 is 0.618 bits per heavy atom. The van der Waals surface area contributed by atoms with Crippen molar-refractivity contribution in [3.8, 4) is 11.5 Å². The summed E-state index contributed by atoms with van der Waals surface area (Å²) in [5.41, 5.74) is 6.54. The number of halogens is 1. The van der Waals surface area contributed by atoms with Gasteiger partial charge in [-0.15, -0.1) is 0 Å². The highest BCUT2D eigenvalue weighted by Gasteiger charge is 2.33. The van der Waals surface area contributed by atoms with Crippen molar-refractivity contribution in [1.82, 2.24) is 19.6 Å². The van der Waals surface area contributed by atoms with E-state index in [0.717, 1.165) is 54.5 Å². The van der Waals surface area contributed by atoms with Gasteiger partial charge in [-0.25, -0.2) is 4.39 Å². The molecular weight excluding hydrogens is 868 g/mol. The Morgan fingerprint density at radius 2 is 1.10 bits per heavy atom. The van der Waals surface area contributed by atoms with E-state index in [-0.39, 0.29) is 65.0 Å². The number of Topliss-reactive ketones (excluding diaryl/α,β-unsaturated/α-hetero) is 1. The zero-order valence-corrected chi connectivity index (χ0v) is 39.3. The molecule has 0 radical (unpaired) electrons. The molecule has 4 saturated heterocycles. The van der Waals surface area contributed by atoms with E-state index < -0.39 is 5.82 Å². The van der Waals surface area contributed by atoms with Gasteiger partial charge in [0.25, 0.3) is 0 Å². The van der Waals surface area contributed by atoms with Crippen LogP contribution in [0.2, 0.25) is 0 Å². The molecule has 4 aromatic carbocycles. The Kier molecular flexibility index (Phi) is 16.1. The van der Waals surface area contributed by atoms with Gasteiger partial charge in [0.1, 0.15) is 17.3 Å². The summed E-state index contributed by atoms with van der Waals surface area (Å²) in [6.45, 7) is 18.1. The minimum Gasteiger partial charge on any atom is -0.508 e. The van der Waals surface area contributed by atoms with Crippen LogP contribution in [0.25, 0.3) is 5.57 Å². The van der Waals surface area contributed by atoms with Crippen LogP contribution in [0.5, 0.6) is 11.5 Å². The Hall–Kier alpha value is -6.78. The van der Waals surface area contributed by atoms with Crippen molar-refractivity contribution in [1.29, 1.82) is 0 Å². The number of ketones is 1. The molecule has 68 heavy (non-hydrogen) atoms. The molecule has 0 unspecified atom stereocenters. The number of hydrogen-bond acceptors (Lipinski definition) is 11. The van der Waals surface area contributed by atoms with E-state index in [0.29, 0.717) is 83.1 Å². The Balaban J connectivity index is 0.000000201. The van der Waals surface area contributed by atoms with Crippen molar-refractivity contribution in [3.05, 3.63) is 114 Å². The van der Waals surface area contributed by atoms with Gasteiger partial charge in [0.05, 0.1) is 30.6 Å². The monoisotopic (exact) mass is 930 g/mol. The highest BCUT2D eigenvalue weighted by molar-refractivity contribution is 5.95. The van der Waals surface area contributed by atoms with Gasteiger partial charge in [-0.2, -0.15) is 0 Å². The summed E-state index contributed by atoms with van der Waals surface area (Å²) in [6, 6.07) is 24.6. The number of allylic oxidation sites excluding steroid dienone is 1. The molecule has 0 saturated carbocycles. The fourth-order valence-corrected chi connectivity index (χ4v) is 9.07. The number of nitrogens with zero attached hydrogens (tertiary/aromatic N) is 6. The van der Waals surface area contributed by atoms with Gasteiger partial charge >= 0.3 is 0 Å². The second kappa shape index (κ2) is 22.3. The average Bonchev–Trinajstić information content (AvgIpc) is 4.02. The molecule has 0 aromatic heterocycles. The Morgan fingerprint density at radius 3 is 1.56 bits per heavy atom. The Bertz CT molecular complexity index is 2470. The lowest BCUT2D eigenvalue weighted by Gasteiger charge is -2.36.